The van der Waals surface area contributed by atoms with Gasteiger partial charge in [0.1, 0.15) is 10.2 Å². The van der Waals surface area contributed by atoms with E-state index >= 15 is 0 Å². The van der Waals surface area contributed by atoms with Gasteiger partial charge in [-0.1, -0.05) is 0 Å². The van der Waals surface area contributed by atoms with Crippen molar-refractivity contribution in [2.45, 2.75) is 13.5 Å². The van der Waals surface area contributed by atoms with Crippen LogP contribution in [-0.4, -0.2) is 23.7 Å². The molecule has 14 heavy (non-hydrogen) atoms. The number of esters is 1. The van der Waals surface area contributed by atoms with Gasteiger partial charge in [-0.2, -0.15) is 8.78 Å². The molecule has 2 N–H and O–H groups in total. The Morgan fingerprint density at radius 2 is 2.29 bits per heavy atom. The van der Waals surface area contributed by atoms with Crippen LogP contribution in [0, 0.1) is 0 Å². The fourth-order valence-corrected chi connectivity index (χ4v) is 1.03. The Kier molecular flexibility index (Phi) is 6.02. The summed E-state index contributed by atoms with van der Waals surface area (Å²) in [6, 6.07) is 0. The summed E-state index contributed by atoms with van der Waals surface area (Å²) >= 11 is 2.70. The summed E-state index contributed by atoms with van der Waals surface area (Å²) in [5.41, 5.74) is 4.83. The number of hydrogen-bond acceptors (Lipinski definition) is 4. The lowest BCUT2D eigenvalue weighted by Crippen LogP contribution is -2.14. The second-order valence-corrected chi connectivity index (χ2v) is 2.75. The van der Waals surface area contributed by atoms with Gasteiger partial charge in [-0.25, -0.2) is 9.79 Å². The lowest BCUT2D eigenvalue weighted by molar-refractivity contribution is -0.137. The zero-order valence-electron chi connectivity index (χ0n) is 7.34. The van der Waals surface area contributed by atoms with Crippen LogP contribution in [0.2, 0.25) is 0 Å². The molecule has 0 aliphatic heterocycles. The lowest BCUT2D eigenvalue weighted by atomic mass is 10.3. The second kappa shape index (κ2) is 6.47. The minimum absolute atomic E-state index is 0.130. The second-order valence-electron chi connectivity index (χ2n) is 2.00. The highest BCUT2D eigenvalue weighted by molar-refractivity contribution is 9.18. The van der Waals surface area contributed by atoms with Crippen molar-refractivity contribution in [2.75, 3.05) is 6.61 Å². The lowest BCUT2D eigenvalue weighted by Gasteiger charge is -2.03. The van der Waals surface area contributed by atoms with E-state index in [1.54, 1.807) is 6.92 Å². The van der Waals surface area contributed by atoms with Crippen LogP contribution in [-0.2, 0) is 9.53 Å². The van der Waals surface area contributed by atoms with Crippen molar-refractivity contribution >= 4 is 26.5 Å². The summed E-state index contributed by atoms with van der Waals surface area (Å²) in [5, 5.41) is 0. The molecule has 0 atom stereocenters. The van der Waals surface area contributed by atoms with Crippen LogP contribution in [0.5, 0.6) is 0 Å². The largest absolute Gasteiger partial charge is 0.462 e. The van der Waals surface area contributed by atoms with Crippen LogP contribution in [0.1, 0.15) is 6.92 Å². The van der Waals surface area contributed by atoms with Gasteiger partial charge < -0.3 is 10.5 Å². The maximum Gasteiger partial charge on any atom is 0.342 e. The number of alkyl halides is 2. The Balaban J connectivity index is 4.66. The summed E-state index contributed by atoms with van der Waals surface area (Å²) in [5.74, 6) is -0.800. The Morgan fingerprint density at radius 3 is 2.64 bits per heavy atom. The van der Waals surface area contributed by atoms with Crippen LogP contribution < -0.4 is 5.73 Å². The molecule has 0 amide bonds. The van der Waals surface area contributed by atoms with Gasteiger partial charge in [-0.15, -0.1) is 0 Å². The predicted molar refractivity (Wildman–Crippen MR) is 51.3 cm³/mol. The van der Waals surface area contributed by atoms with Crippen LogP contribution >= 0.6 is 15.9 Å². The first-order valence-corrected chi connectivity index (χ1v) is 4.43. The first-order chi connectivity index (χ1) is 6.52. The predicted octanol–water partition coefficient (Wildman–Crippen LogP) is 1.41. The topological polar surface area (TPSA) is 64.7 Å². The smallest absolute Gasteiger partial charge is 0.342 e. The molecule has 80 valence electrons. The summed E-state index contributed by atoms with van der Waals surface area (Å²) in [6.07, 6.45) is 0.855. The van der Waals surface area contributed by atoms with Gasteiger partial charge >= 0.3 is 12.5 Å². The van der Waals surface area contributed by atoms with E-state index in [1.807, 2.05) is 0 Å². The van der Waals surface area contributed by atoms with Gasteiger partial charge in [-0.05, 0) is 22.9 Å². The Labute approximate surface area is 87.9 Å². The van der Waals surface area contributed by atoms with Crippen LogP contribution in [0.15, 0.2) is 16.8 Å². The molecule has 0 bridgehead atoms. The quantitative estimate of drug-likeness (QED) is 0.364. The Morgan fingerprint density at radius 1 is 1.71 bits per heavy atom. The van der Waals surface area contributed by atoms with Crippen molar-refractivity contribution in [1.29, 1.82) is 0 Å². The third kappa shape index (κ3) is 4.31. The van der Waals surface area contributed by atoms with E-state index in [9.17, 15) is 13.6 Å². The number of halogens is 3. The fourth-order valence-electron chi connectivity index (χ4n) is 0.585. The summed E-state index contributed by atoms with van der Waals surface area (Å²) in [6.45, 7) is -1.19. The van der Waals surface area contributed by atoms with Gasteiger partial charge in [0.25, 0.3) is 0 Å². The Bertz CT molecular complexity index is 266. The van der Waals surface area contributed by atoms with E-state index < -0.39 is 12.5 Å². The van der Waals surface area contributed by atoms with E-state index in [-0.39, 0.29) is 16.8 Å². The maximum absolute atomic E-state index is 11.8. The van der Waals surface area contributed by atoms with E-state index in [2.05, 4.69) is 25.7 Å². The molecule has 0 unspecified atom stereocenters. The molecule has 0 aliphatic carbocycles. The molecule has 0 aromatic heterocycles. The Hall–Kier alpha value is -0.980. The average Bonchev–Trinajstić information content (AvgIpc) is 2.04. The summed E-state index contributed by atoms with van der Waals surface area (Å²) in [7, 11) is 0. The van der Waals surface area contributed by atoms with Gasteiger partial charge in [0.15, 0.2) is 0 Å². The molecule has 0 saturated heterocycles. The first-order valence-electron chi connectivity index (χ1n) is 3.63. The van der Waals surface area contributed by atoms with Gasteiger partial charge in [0, 0.05) is 6.20 Å². The molecule has 0 saturated carbocycles. The molecular formula is C7H9BrF2N2O2. The van der Waals surface area contributed by atoms with Crippen LogP contribution in [0.25, 0.3) is 0 Å². The highest BCUT2D eigenvalue weighted by Crippen LogP contribution is 2.09. The van der Waals surface area contributed by atoms with Gasteiger partial charge in [0.05, 0.1) is 6.61 Å². The summed E-state index contributed by atoms with van der Waals surface area (Å²) in [4.78, 5) is 13.9. The molecule has 0 radical (unpaired) electrons. The van der Waals surface area contributed by atoms with E-state index in [0.29, 0.717) is 0 Å². The average molecular weight is 271 g/mol. The number of carbonyl (C=O) groups excluding carboxylic acids is 1. The zero-order chi connectivity index (χ0) is 11.1. The maximum atomic E-state index is 11.8. The molecule has 0 heterocycles. The molecule has 0 fully saturated rings. The third-order valence-corrected chi connectivity index (χ3v) is 1.73. The molecule has 7 heteroatoms. The first kappa shape index (κ1) is 13.0. The van der Waals surface area contributed by atoms with Crippen molar-refractivity contribution in [3.8, 4) is 0 Å². The van der Waals surface area contributed by atoms with Gasteiger partial charge in [0.2, 0.25) is 0 Å². The normalized spacial score (nSPS) is 13.2. The molecule has 0 spiro atoms. The molecule has 0 aromatic rings. The highest BCUT2D eigenvalue weighted by Gasteiger charge is 2.16. The van der Waals surface area contributed by atoms with Crippen molar-refractivity contribution < 1.29 is 18.3 Å². The minimum atomic E-state index is -2.91. The number of ether oxygens (including phenoxy) is 1. The molecule has 0 aliphatic rings. The number of carbonyl (C=O) groups is 1. The molecule has 4 nitrogen and oxygen atoms in total. The van der Waals surface area contributed by atoms with E-state index in [1.165, 1.54) is 0 Å². The van der Waals surface area contributed by atoms with Crippen molar-refractivity contribution in [2.24, 2.45) is 10.7 Å². The van der Waals surface area contributed by atoms with Gasteiger partial charge in [-0.3, -0.25) is 0 Å². The van der Waals surface area contributed by atoms with E-state index in [4.69, 9.17) is 5.73 Å². The monoisotopic (exact) mass is 270 g/mol. The number of rotatable bonds is 4. The molecule has 0 rings (SSSR count). The standard InChI is InChI=1S/C7H9BrF2N2O2/c1-2-14-6(13)4(3-11)5(8)12-7(9)10/h3,7H,2,11H2,1H3. The molecular weight excluding hydrogens is 262 g/mol. The third-order valence-electron chi connectivity index (χ3n) is 1.10. The van der Waals surface area contributed by atoms with Crippen LogP contribution in [0.3, 0.4) is 0 Å². The number of nitrogens with zero attached hydrogens (tertiary/aromatic N) is 1. The van der Waals surface area contributed by atoms with Crippen molar-refractivity contribution in [1.82, 2.24) is 0 Å². The fraction of sp³-hybridized carbons (Fsp3) is 0.429. The zero-order valence-corrected chi connectivity index (χ0v) is 8.92. The number of hydrogen-bond donors (Lipinski definition) is 1. The number of nitrogens with two attached hydrogens (primary N) is 1. The number of aliphatic imine (C=N–C) groups is 1. The van der Waals surface area contributed by atoms with Crippen molar-refractivity contribution in [3.05, 3.63) is 11.8 Å². The summed E-state index contributed by atoms with van der Waals surface area (Å²) < 4.78 is 27.8. The molecule has 0 aromatic carbocycles. The minimum Gasteiger partial charge on any atom is -0.462 e. The van der Waals surface area contributed by atoms with Crippen molar-refractivity contribution in [3.63, 3.8) is 0 Å². The highest BCUT2D eigenvalue weighted by atomic mass is 79.9. The van der Waals surface area contributed by atoms with E-state index in [0.717, 1.165) is 6.20 Å². The SMILES string of the molecule is CCOC(=O)C(=CN)C(Br)=NC(F)F. The van der Waals surface area contributed by atoms with Crippen LogP contribution in [0.4, 0.5) is 8.78 Å².